The van der Waals surface area contributed by atoms with Gasteiger partial charge in [-0.1, -0.05) is 17.7 Å². The van der Waals surface area contributed by atoms with E-state index in [1.54, 1.807) is 0 Å². The molecule has 6 nitrogen and oxygen atoms in total. The second-order valence-electron chi connectivity index (χ2n) is 6.01. The van der Waals surface area contributed by atoms with E-state index in [0.717, 1.165) is 29.7 Å². The van der Waals surface area contributed by atoms with Crippen molar-refractivity contribution in [3.05, 3.63) is 50.6 Å². The third-order valence-electron chi connectivity index (χ3n) is 4.17. The summed E-state index contributed by atoms with van der Waals surface area (Å²) in [4.78, 5) is 36.7. The number of ether oxygens (including phenoxy) is 1. The van der Waals surface area contributed by atoms with Gasteiger partial charge in [0.2, 0.25) is 0 Å². The van der Waals surface area contributed by atoms with Gasteiger partial charge in [-0.25, -0.2) is 4.39 Å². The molecule has 1 aromatic heterocycles. The normalized spacial score (nSPS) is 12.5. The molecule has 3 rings (SSSR count). The van der Waals surface area contributed by atoms with Crippen LogP contribution in [0.5, 0.6) is 0 Å². The number of nitrogens with two attached hydrogens (primary N) is 1. The lowest BCUT2D eigenvalue weighted by atomic mass is 10.1. The smallest absolute Gasteiger partial charge is 0.310 e. The van der Waals surface area contributed by atoms with Gasteiger partial charge in [0, 0.05) is 15.5 Å². The number of nitrogens with one attached hydrogen (secondary N) is 1. The summed E-state index contributed by atoms with van der Waals surface area (Å²) >= 11 is 7.16. The molecule has 0 radical (unpaired) electrons. The van der Waals surface area contributed by atoms with E-state index in [1.165, 1.54) is 29.5 Å². The molecule has 0 fully saturated rings. The molecule has 0 bridgehead atoms. The third kappa shape index (κ3) is 4.28. The number of amides is 2. The minimum absolute atomic E-state index is 0.00951. The van der Waals surface area contributed by atoms with Crippen molar-refractivity contribution in [2.75, 3.05) is 11.9 Å². The maximum atomic E-state index is 13.7. The zero-order valence-corrected chi connectivity index (χ0v) is 15.7. The van der Waals surface area contributed by atoms with E-state index in [-0.39, 0.29) is 10.6 Å². The fraction of sp³-hybridized carbons (Fsp3) is 0.278. The molecule has 2 amide bonds. The van der Waals surface area contributed by atoms with Crippen LogP contribution < -0.4 is 11.1 Å². The van der Waals surface area contributed by atoms with Crippen molar-refractivity contribution in [2.45, 2.75) is 25.7 Å². The highest BCUT2D eigenvalue weighted by Crippen LogP contribution is 2.38. The van der Waals surface area contributed by atoms with Crippen molar-refractivity contribution in [3.8, 4) is 0 Å². The summed E-state index contributed by atoms with van der Waals surface area (Å²) in [5, 5.41) is 3.04. The fourth-order valence-electron chi connectivity index (χ4n) is 2.96. The van der Waals surface area contributed by atoms with E-state index in [0.29, 0.717) is 10.6 Å². The number of anilines is 1. The van der Waals surface area contributed by atoms with Crippen LogP contribution in [0.2, 0.25) is 5.02 Å². The van der Waals surface area contributed by atoms with Crippen LogP contribution in [-0.2, 0) is 33.6 Å². The Morgan fingerprint density at radius 2 is 2.07 bits per heavy atom. The van der Waals surface area contributed by atoms with Crippen molar-refractivity contribution in [3.63, 3.8) is 0 Å². The number of fused-ring (bicyclic) bond motifs is 1. The molecule has 1 aliphatic rings. The van der Waals surface area contributed by atoms with Crippen molar-refractivity contribution in [2.24, 2.45) is 5.73 Å². The van der Waals surface area contributed by atoms with Gasteiger partial charge in [0.05, 0.1) is 12.0 Å². The Kier molecular flexibility index (Phi) is 5.76. The van der Waals surface area contributed by atoms with Gasteiger partial charge in [-0.2, -0.15) is 0 Å². The van der Waals surface area contributed by atoms with Gasteiger partial charge in [0.25, 0.3) is 11.8 Å². The van der Waals surface area contributed by atoms with Crippen LogP contribution in [0.4, 0.5) is 9.39 Å². The first-order valence-corrected chi connectivity index (χ1v) is 9.39. The maximum Gasteiger partial charge on any atom is 0.310 e. The summed E-state index contributed by atoms with van der Waals surface area (Å²) in [6.45, 7) is -0.564. The molecule has 0 saturated carbocycles. The second-order valence-corrected chi connectivity index (χ2v) is 7.52. The molecule has 1 aliphatic carbocycles. The summed E-state index contributed by atoms with van der Waals surface area (Å²) in [7, 11) is 0. The number of primary amides is 1. The van der Waals surface area contributed by atoms with Gasteiger partial charge in [-0.3, -0.25) is 14.4 Å². The number of carbonyl (C=O) groups excluding carboxylic acids is 3. The highest BCUT2D eigenvalue weighted by Gasteiger charge is 2.26. The average molecular weight is 411 g/mol. The molecule has 0 atom stereocenters. The highest BCUT2D eigenvalue weighted by molar-refractivity contribution is 7.17. The number of halogens is 2. The van der Waals surface area contributed by atoms with E-state index in [4.69, 9.17) is 22.1 Å². The van der Waals surface area contributed by atoms with Crippen molar-refractivity contribution in [1.29, 1.82) is 0 Å². The standard InChI is InChI=1S/C18H16ClFN2O4S/c19-11-4-2-5-12(20)10(11)7-15(24)26-8-14(23)22-18-16(17(21)25)9-3-1-6-13(9)27-18/h2,4-5H,1,3,6-8H2,(H2,21,25)(H,22,23). The van der Waals surface area contributed by atoms with Gasteiger partial charge >= 0.3 is 5.97 Å². The predicted octanol–water partition coefficient (Wildman–Crippen LogP) is 2.85. The molecule has 27 heavy (non-hydrogen) atoms. The van der Waals surface area contributed by atoms with Crippen LogP contribution in [0.3, 0.4) is 0 Å². The van der Waals surface area contributed by atoms with Crippen molar-refractivity contribution >= 4 is 45.7 Å². The van der Waals surface area contributed by atoms with E-state index in [2.05, 4.69) is 5.32 Å². The Labute approximate surface area is 163 Å². The average Bonchev–Trinajstić information content (AvgIpc) is 3.16. The molecule has 1 heterocycles. The number of hydrogen-bond acceptors (Lipinski definition) is 5. The number of esters is 1. The summed E-state index contributed by atoms with van der Waals surface area (Å²) in [6, 6.07) is 4.07. The molecule has 0 spiro atoms. The number of benzene rings is 1. The monoisotopic (exact) mass is 410 g/mol. The highest BCUT2D eigenvalue weighted by atomic mass is 35.5. The zero-order chi connectivity index (χ0) is 19.6. The van der Waals surface area contributed by atoms with Crippen LogP contribution in [0.25, 0.3) is 0 Å². The van der Waals surface area contributed by atoms with Crippen LogP contribution >= 0.6 is 22.9 Å². The summed E-state index contributed by atoms with van der Waals surface area (Å²) in [6.07, 6.45) is 2.15. The van der Waals surface area contributed by atoms with E-state index >= 15 is 0 Å². The number of rotatable bonds is 6. The number of carbonyl (C=O) groups is 3. The Hall–Kier alpha value is -2.45. The lowest BCUT2D eigenvalue weighted by Crippen LogP contribution is -2.23. The molecule has 1 aromatic carbocycles. The second kappa shape index (κ2) is 8.06. The molecule has 0 aliphatic heterocycles. The lowest BCUT2D eigenvalue weighted by Gasteiger charge is -2.08. The molecule has 142 valence electrons. The molecular formula is C18H16ClFN2O4S. The van der Waals surface area contributed by atoms with Crippen LogP contribution in [0.15, 0.2) is 18.2 Å². The van der Waals surface area contributed by atoms with Crippen molar-refractivity contribution in [1.82, 2.24) is 0 Å². The summed E-state index contributed by atoms with van der Waals surface area (Å²) in [5.74, 6) is -2.62. The minimum Gasteiger partial charge on any atom is -0.455 e. The third-order valence-corrected chi connectivity index (χ3v) is 5.73. The van der Waals surface area contributed by atoms with E-state index in [1.807, 2.05) is 0 Å². The first-order chi connectivity index (χ1) is 12.9. The van der Waals surface area contributed by atoms with Gasteiger partial charge < -0.3 is 15.8 Å². The van der Waals surface area contributed by atoms with E-state index < -0.39 is 36.6 Å². The lowest BCUT2D eigenvalue weighted by molar-refractivity contribution is -0.146. The fourth-order valence-corrected chi connectivity index (χ4v) is 4.50. The SMILES string of the molecule is NC(=O)c1c(NC(=O)COC(=O)Cc2c(F)cccc2Cl)sc2c1CCC2. The largest absolute Gasteiger partial charge is 0.455 e. The molecule has 0 unspecified atom stereocenters. The van der Waals surface area contributed by atoms with Crippen LogP contribution in [0, 0.1) is 5.82 Å². The van der Waals surface area contributed by atoms with E-state index in [9.17, 15) is 18.8 Å². The Bertz CT molecular complexity index is 908. The topological polar surface area (TPSA) is 98.5 Å². The minimum atomic E-state index is -0.791. The zero-order valence-electron chi connectivity index (χ0n) is 14.1. The molecule has 0 saturated heterocycles. The maximum absolute atomic E-state index is 13.7. The van der Waals surface area contributed by atoms with Crippen LogP contribution in [-0.4, -0.2) is 24.4 Å². The molecule has 2 aromatic rings. The van der Waals surface area contributed by atoms with Gasteiger partial charge in [-0.15, -0.1) is 11.3 Å². The summed E-state index contributed by atoms with van der Waals surface area (Å²) in [5.41, 5.74) is 6.64. The number of aryl methyl sites for hydroxylation is 1. The Morgan fingerprint density at radius 3 is 2.78 bits per heavy atom. The first kappa shape index (κ1) is 19.3. The Morgan fingerprint density at radius 1 is 1.30 bits per heavy atom. The van der Waals surface area contributed by atoms with Crippen molar-refractivity contribution < 1.29 is 23.5 Å². The van der Waals surface area contributed by atoms with Gasteiger partial charge in [0.1, 0.15) is 10.8 Å². The Balaban J connectivity index is 1.59. The first-order valence-electron chi connectivity index (χ1n) is 8.19. The molecule has 9 heteroatoms. The summed E-state index contributed by atoms with van der Waals surface area (Å²) < 4.78 is 18.6. The molecule has 3 N–H and O–H groups in total. The number of thiophene rings is 1. The molecular weight excluding hydrogens is 395 g/mol. The quantitative estimate of drug-likeness (QED) is 0.715. The van der Waals surface area contributed by atoms with Crippen LogP contribution in [0.1, 0.15) is 32.8 Å². The number of hydrogen-bond donors (Lipinski definition) is 2. The predicted molar refractivity (Wildman–Crippen MR) is 99.6 cm³/mol. The van der Waals surface area contributed by atoms with Gasteiger partial charge in [-0.05, 0) is 37.0 Å². The van der Waals surface area contributed by atoms with Gasteiger partial charge in [0.15, 0.2) is 6.61 Å².